The Bertz CT molecular complexity index is 815. The van der Waals surface area contributed by atoms with Gasteiger partial charge in [0, 0.05) is 6.54 Å². The van der Waals surface area contributed by atoms with Crippen LogP contribution in [-0.4, -0.2) is 35.8 Å². The van der Waals surface area contributed by atoms with Crippen LogP contribution < -0.4 is 4.74 Å². The van der Waals surface area contributed by atoms with Gasteiger partial charge in [-0.1, -0.05) is 38.8 Å². The monoisotopic (exact) mass is 397 g/mol. The third kappa shape index (κ3) is 3.67. The lowest BCUT2D eigenvalue weighted by atomic mass is 9.77. The van der Waals surface area contributed by atoms with Gasteiger partial charge in [-0.15, -0.1) is 0 Å². The number of nitrogens with zero attached hydrogens (tertiary/aromatic N) is 1. The van der Waals surface area contributed by atoms with Gasteiger partial charge < -0.3 is 14.4 Å². The molecule has 156 valence electrons. The highest BCUT2D eigenvalue weighted by Gasteiger charge is 2.51. The minimum Gasteiger partial charge on any atom is -0.494 e. The second-order valence-electron chi connectivity index (χ2n) is 8.33. The largest absolute Gasteiger partial charge is 0.494 e. The van der Waals surface area contributed by atoms with Crippen LogP contribution in [0.4, 0.5) is 0 Å². The summed E-state index contributed by atoms with van der Waals surface area (Å²) in [6.45, 7) is 5.45. The maximum absolute atomic E-state index is 13.5. The number of amides is 1. The molecule has 0 spiro atoms. The zero-order valence-electron chi connectivity index (χ0n) is 17.5. The first kappa shape index (κ1) is 20.0. The van der Waals surface area contributed by atoms with E-state index in [4.69, 9.17) is 9.47 Å². The zero-order valence-corrected chi connectivity index (χ0v) is 17.5. The number of fused-ring (bicyclic) bond motifs is 1. The number of Topliss-reactive ketones (excluding diaryl/α,β-unsaturated/α-hetero) is 1. The van der Waals surface area contributed by atoms with Crippen LogP contribution in [0.25, 0.3) is 0 Å². The molecule has 0 aromatic heterocycles. The fourth-order valence-corrected chi connectivity index (χ4v) is 4.82. The Hall–Kier alpha value is -2.30. The van der Waals surface area contributed by atoms with Crippen LogP contribution >= 0.6 is 0 Å². The van der Waals surface area contributed by atoms with Crippen LogP contribution in [0, 0.1) is 5.92 Å². The Labute approximate surface area is 173 Å². The standard InChI is InChI=1S/C24H31NO4/c1-3-5-14-28-17-10-8-9-16(15-17)21-20-22(26)18-11-6-7-12-19(18)29-23(20)24(27)25(21)13-4-2/h8-10,15,18-19,21H,3-7,11-14H2,1-2H3. The van der Waals surface area contributed by atoms with Crippen molar-refractivity contribution in [2.45, 2.75) is 70.9 Å². The molecule has 5 nitrogen and oxygen atoms in total. The highest BCUT2D eigenvalue weighted by molar-refractivity contribution is 6.11. The Morgan fingerprint density at radius 3 is 2.76 bits per heavy atom. The van der Waals surface area contributed by atoms with Gasteiger partial charge in [-0.2, -0.15) is 0 Å². The summed E-state index contributed by atoms with van der Waals surface area (Å²) in [5.41, 5.74) is 1.49. The van der Waals surface area contributed by atoms with Crippen molar-refractivity contribution in [2.24, 2.45) is 5.92 Å². The molecule has 0 bridgehead atoms. The highest BCUT2D eigenvalue weighted by Crippen LogP contribution is 2.47. The molecule has 3 atom stereocenters. The Morgan fingerprint density at radius 1 is 1.14 bits per heavy atom. The number of rotatable bonds is 7. The van der Waals surface area contributed by atoms with Crippen LogP contribution in [0.5, 0.6) is 5.75 Å². The molecule has 4 rings (SSSR count). The smallest absolute Gasteiger partial charge is 0.290 e. The number of hydrogen-bond acceptors (Lipinski definition) is 4. The Kier molecular flexibility index (Phi) is 5.93. The van der Waals surface area contributed by atoms with Gasteiger partial charge in [0.15, 0.2) is 11.5 Å². The lowest BCUT2D eigenvalue weighted by Crippen LogP contribution is -2.39. The zero-order chi connectivity index (χ0) is 20.4. The van der Waals surface area contributed by atoms with E-state index in [9.17, 15) is 9.59 Å². The van der Waals surface area contributed by atoms with Crippen molar-refractivity contribution in [1.29, 1.82) is 0 Å². The average Bonchev–Trinajstić information content (AvgIpc) is 3.01. The predicted octanol–water partition coefficient (Wildman–Crippen LogP) is 4.57. The molecule has 1 aromatic rings. The lowest BCUT2D eigenvalue weighted by Gasteiger charge is -2.35. The molecule has 5 heteroatoms. The van der Waals surface area contributed by atoms with Crippen LogP contribution in [0.1, 0.15) is 70.4 Å². The van der Waals surface area contributed by atoms with Gasteiger partial charge in [-0.25, -0.2) is 0 Å². The summed E-state index contributed by atoms with van der Waals surface area (Å²) in [5.74, 6) is 0.956. The number of carbonyl (C=O) groups excluding carboxylic acids is 2. The Morgan fingerprint density at radius 2 is 1.97 bits per heavy atom. The van der Waals surface area contributed by atoms with Crippen molar-refractivity contribution in [1.82, 2.24) is 4.90 Å². The van der Waals surface area contributed by atoms with Gasteiger partial charge in [0.2, 0.25) is 0 Å². The molecule has 3 aliphatic rings. The van der Waals surface area contributed by atoms with E-state index in [1.54, 1.807) is 0 Å². The van der Waals surface area contributed by atoms with E-state index in [-0.39, 0.29) is 29.8 Å². The summed E-state index contributed by atoms with van der Waals surface area (Å²) in [7, 11) is 0. The fourth-order valence-electron chi connectivity index (χ4n) is 4.82. The number of hydrogen-bond donors (Lipinski definition) is 0. The normalized spacial score (nSPS) is 26.3. The first-order valence-electron chi connectivity index (χ1n) is 11.1. The average molecular weight is 398 g/mol. The molecule has 1 saturated carbocycles. The second-order valence-corrected chi connectivity index (χ2v) is 8.33. The summed E-state index contributed by atoms with van der Waals surface area (Å²) in [6.07, 6.45) is 6.60. The third-order valence-electron chi connectivity index (χ3n) is 6.26. The topological polar surface area (TPSA) is 55.8 Å². The summed E-state index contributed by atoms with van der Waals surface area (Å²) in [4.78, 5) is 28.5. The molecular formula is C24H31NO4. The summed E-state index contributed by atoms with van der Waals surface area (Å²) < 4.78 is 12.1. The number of ketones is 1. The van der Waals surface area contributed by atoms with Crippen molar-refractivity contribution in [2.75, 3.05) is 13.2 Å². The van der Waals surface area contributed by atoms with Gasteiger partial charge in [0.25, 0.3) is 5.91 Å². The molecule has 1 amide bonds. The quantitative estimate of drug-likeness (QED) is 0.633. The third-order valence-corrected chi connectivity index (χ3v) is 6.26. The maximum atomic E-state index is 13.5. The molecule has 1 aliphatic carbocycles. The summed E-state index contributed by atoms with van der Waals surface area (Å²) in [5, 5.41) is 0. The highest BCUT2D eigenvalue weighted by atomic mass is 16.5. The van der Waals surface area contributed by atoms with E-state index >= 15 is 0 Å². The number of benzene rings is 1. The van der Waals surface area contributed by atoms with Crippen molar-refractivity contribution in [3.63, 3.8) is 0 Å². The molecule has 2 heterocycles. The second kappa shape index (κ2) is 8.60. The SMILES string of the molecule is CCCCOc1cccc(C2C3=C(OC4CCCCC4C3=O)C(=O)N2CCC)c1. The minimum atomic E-state index is -0.373. The fraction of sp³-hybridized carbons (Fsp3) is 0.583. The van der Waals surface area contributed by atoms with Crippen molar-refractivity contribution < 1.29 is 19.1 Å². The van der Waals surface area contributed by atoms with E-state index < -0.39 is 0 Å². The molecule has 0 radical (unpaired) electrons. The molecule has 0 N–H and O–H groups in total. The van der Waals surface area contributed by atoms with E-state index in [2.05, 4.69) is 6.92 Å². The molecule has 1 aromatic carbocycles. The molecule has 3 unspecified atom stereocenters. The number of ether oxygens (including phenoxy) is 2. The Balaban J connectivity index is 1.70. The van der Waals surface area contributed by atoms with Crippen molar-refractivity contribution >= 4 is 11.7 Å². The van der Waals surface area contributed by atoms with Crippen LogP contribution in [0.2, 0.25) is 0 Å². The number of carbonyl (C=O) groups is 2. The van der Waals surface area contributed by atoms with Gasteiger partial charge in [0.1, 0.15) is 11.9 Å². The van der Waals surface area contributed by atoms with Crippen molar-refractivity contribution in [3.8, 4) is 5.75 Å². The minimum absolute atomic E-state index is 0.108. The van der Waals surface area contributed by atoms with Crippen LogP contribution in [0.3, 0.4) is 0 Å². The summed E-state index contributed by atoms with van der Waals surface area (Å²) in [6, 6.07) is 7.48. The molecule has 29 heavy (non-hydrogen) atoms. The molecule has 2 aliphatic heterocycles. The first-order valence-corrected chi connectivity index (χ1v) is 11.1. The van der Waals surface area contributed by atoms with Crippen molar-refractivity contribution in [3.05, 3.63) is 41.2 Å². The van der Waals surface area contributed by atoms with Gasteiger partial charge >= 0.3 is 0 Å². The first-order chi connectivity index (χ1) is 14.2. The number of unbranched alkanes of at least 4 members (excludes halogenated alkanes) is 1. The van der Waals surface area contributed by atoms with Gasteiger partial charge in [-0.3, -0.25) is 9.59 Å². The van der Waals surface area contributed by atoms with Crippen LogP contribution in [0.15, 0.2) is 35.6 Å². The predicted molar refractivity (Wildman–Crippen MR) is 110 cm³/mol. The van der Waals surface area contributed by atoms with E-state index in [0.717, 1.165) is 56.3 Å². The summed E-state index contributed by atoms with van der Waals surface area (Å²) >= 11 is 0. The van der Waals surface area contributed by atoms with E-state index in [0.29, 0.717) is 24.5 Å². The van der Waals surface area contributed by atoms with E-state index in [1.165, 1.54) is 0 Å². The van der Waals surface area contributed by atoms with Gasteiger partial charge in [0.05, 0.1) is 24.1 Å². The van der Waals surface area contributed by atoms with Crippen LogP contribution in [-0.2, 0) is 14.3 Å². The molecule has 0 saturated heterocycles. The molecular weight excluding hydrogens is 366 g/mol. The van der Waals surface area contributed by atoms with Gasteiger partial charge in [-0.05, 0) is 49.8 Å². The molecule has 1 fully saturated rings. The lowest BCUT2D eigenvalue weighted by molar-refractivity contribution is -0.135. The van der Waals surface area contributed by atoms with E-state index in [1.807, 2.05) is 36.1 Å². The maximum Gasteiger partial charge on any atom is 0.290 e.